The van der Waals surface area contributed by atoms with Gasteiger partial charge >= 0.3 is 0 Å². The number of para-hydroxylation sites is 1. The van der Waals surface area contributed by atoms with Crippen molar-refractivity contribution in [3.05, 3.63) is 46.2 Å². The highest BCUT2D eigenvalue weighted by atomic mass is 32.2. The topological polar surface area (TPSA) is 92.8 Å². The van der Waals surface area contributed by atoms with E-state index in [9.17, 15) is 18.0 Å². The lowest BCUT2D eigenvalue weighted by atomic mass is 10.1. The van der Waals surface area contributed by atoms with Crippen LogP contribution in [0, 0.1) is 0 Å². The highest BCUT2D eigenvalue weighted by molar-refractivity contribution is 8.26. The van der Waals surface area contributed by atoms with Crippen LogP contribution in [0.4, 0.5) is 0 Å². The molecule has 3 rings (SSSR count). The van der Waals surface area contributed by atoms with Crippen molar-refractivity contribution in [3.8, 4) is 5.75 Å². The first kappa shape index (κ1) is 20.6. The Hall–Kier alpha value is -2.17. The molecule has 2 unspecified atom stereocenters. The molecule has 148 valence electrons. The van der Waals surface area contributed by atoms with Crippen LogP contribution in [-0.4, -0.2) is 54.4 Å². The molecule has 1 fully saturated rings. The van der Waals surface area contributed by atoms with E-state index in [0.717, 1.165) is 22.7 Å². The number of benzene rings is 1. The third-order valence-electron chi connectivity index (χ3n) is 4.27. The van der Waals surface area contributed by atoms with E-state index in [0.29, 0.717) is 10.7 Å². The lowest BCUT2D eigenvalue weighted by Gasteiger charge is -2.23. The lowest BCUT2D eigenvalue weighted by Crippen LogP contribution is -2.49. The number of thiocarbonyl (C=S) groups is 1. The van der Waals surface area contributed by atoms with Crippen molar-refractivity contribution in [2.24, 2.45) is 0 Å². The normalized spacial score (nSPS) is 23.3. The van der Waals surface area contributed by atoms with Crippen LogP contribution in [0.25, 0.3) is 6.08 Å². The Bertz CT molecular complexity index is 1000. The molecule has 1 N–H and O–H groups in total. The van der Waals surface area contributed by atoms with Gasteiger partial charge in [-0.15, -0.1) is 0 Å². The molecule has 0 aliphatic carbocycles. The van der Waals surface area contributed by atoms with Crippen molar-refractivity contribution >= 4 is 56.0 Å². The minimum Gasteiger partial charge on any atom is -0.496 e. The van der Waals surface area contributed by atoms with Gasteiger partial charge in [-0.3, -0.25) is 14.5 Å². The van der Waals surface area contributed by atoms with E-state index in [4.69, 9.17) is 17.0 Å². The van der Waals surface area contributed by atoms with Gasteiger partial charge in [-0.05, 0) is 25.1 Å². The predicted molar refractivity (Wildman–Crippen MR) is 112 cm³/mol. The van der Waals surface area contributed by atoms with Gasteiger partial charge in [-0.1, -0.05) is 42.2 Å². The molecule has 0 bridgehead atoms. The van der Waals surface area contributed by atoms with Crippen LogP contribution in [-0.2, 0) is 19.4 Å². The Balaban J connectivity index is 1.75. The molecule has 1 aromatic carbocycles. The van der Waals surface area contributed by atoms with Gasteiger partial charge in [-0.2, -0.15) is 0 Å². The molecule has 0 aromatic heterocycles. The molecule has 7 nitrogen and oxygen atoms in total. The molecule has 2 aliphatic heterocycles. The van der Waals surface area contributed by atoms with Crippen molar-refractivity contribution < 1.29 is 22.7 Å². The van der Waals surface area contributed by atoms with E-state index in [-0.39, 0.29) is 16.0 Å². The number of nitrogens with one attached hydrogen (secondary N) is 1. The number of amides is 2. The SMILES string of the molecule is COc1ccccc1/C=C1/SC(=S)N(C(C)C(=O)NC2C=CS(=O)(=O)C2)C1=O. The molecule has 0 saturated carbocycles. The van der Waals surface area contributed by atoms with Crippen molar-refractivity contribution in [3.63, 3.8) is 0 Å². The molecule has 1 aromatic rings. The first-order valence-electron chi connectivity index (χ1n) is 8.33. The molecule has 2 heterocycles. The number of hydrogen-bond donors (Lipinski definition) is 1. The van der Waals surface area contributed by atoms with Crippen molar-refractivity contribution in [1.29, 1.82) is 0 Å². The molecular weight excluding hydrogens is 420 g/mol. The maximum Gasteiger partial charge on any atom is 0.266 e. The van der Waals surface area contributed by atoms with Crippen LogP contribution in [0.3, 0.4) is 0 Å². The van der Waals surface area contributed by atoms with Crippen LogP contribution in [0.2, 0.25) is 0 Å². The Morgan fingerprint density at radius 1 is 1.43 bits per heavy atom. The quantitative estimate of drug-likeness (QED) is 0.553. The number of rotatable bonds is 5. The van der Waals surface area contributed by atoms with E-state index in [2.05, 4.69) is 5.32 Å². The first-order chi connectivity index (χ1) is 13.2. The number of nitrogens with zero attached hydrogens (tertiary/aromatic N) is 1. The van der Waals surface area contributed by atoms with E-state index in [1.54, 1.807) is 26.2 Å². The summed E-state index contributed by atoms with van der Waals surface area (Å²) in [6, 6.07) is 5.77. The molecule has 2 amide bonds. The van der Waals surface area contributed by atoms with Crippen molar-refractivity contribution in [1.82, 2.24) is 10.2 Å². The van der Waals surface area contributed by atoms with Crippen LogP contribution in [0.5, 0.6) is 5.75 Å². The Morgan fingerprint density at radius 2 is 2.14 bits per heavy atom. The molecule has 28 heavy (non-hydrogen) atoms. The van der Waals surface area contributed by atoms with Gasteiger partial charge in [0.15, 0.2) is 9.84 Å². The number of carbonyl (C=O) groups excluding carboxylic acids is 2. The van der Waals surface area contributed by atoms with E-state index >= 15 is 0 Å². The summed E-state index contributed by atoms with van der Waals surface area (Å²) in [5.41, 5.74) is 0.726. The number of carbonyl (C=O) groups is 2. The summed E-state index contributed by atoms with van der Waals surface area (Å²) in [4.78, 5) is 27.0. The molecule has 10 heteroatoms. The summed E-state index contributed by atoms with van der Waals surface area (Å²) in [5, 5.41) is 3.71. The number of hydrogen-bond acceptors (Lipinski definition) is 7. The van der Waals surface area contributed by atoms with Gasteiger partial charge in [0, 0.05) is 11.0 Å². The zero-order valence-electron chi connectivity index (χ0n) is 15.1. The molecule has 0 spiro atoms. The standard InChI is InChI=1S/C18H18N2O5S3/c1-11(16(21)19-13-7-8-28(23,24)10-13)20-17(22)15(27-18(20)26)9-12-5-3-4-6-14(12)25-2/h3-9,11,13H,10H2,1-2H3,(H,19,21)/b15-9+. The Labute approximate surface area is 172 Å². The van der Waals surface area contributed by atoms with Gasteiger partial charge < -0.3 is 10.1 Å². The summed E-state index contributed by atoms with van der Waals surface area (Å²) >= 11 is 6.40. The second-order valence-corrected chi connectivity index (χ2v) is 9.85. The summed E-state index contributed by atoms with van der Waals surface area (Å²) in [5.74, 6) is -0.412. The van der Waals surface area contributed by atoms with Crippen LogP contribution in [0.1, 0.15) is 12.5 Å². The predicted octanol–water partition coefficient (Wildman–Crippen LogP) is 1.71. The number of thioether (sulfide) groups is 1. The molecular formula is C18H18N2O5S3. The zero-order chi connectivity index (χ0) is 20.5. The number of ether oxygens (including phenoxy) is 1. The zero-order valence-corrected chi connectivity index (χ0v) is 17.6. The fraction of sp³-hybridized carbons (Fsp3) is 0.278. The van der Waals surface area contributed by atoms with Gasteiger partial charge in [0.05, 0.1) is 23.8 Å². The summed E-state index contributed by atoms with van der Waals surface area (Å²) in [6.45, 7) is 1.55. The monoisotopic (exact) mass is 438 g/mol. The minimum absolute atomic E-state index is 0.183. The molecule has 2 aliphatic rings. The summed E-state index contributed by atoms with van der Waals surface area (Å²) in [7, 11) is -1.74. The maximum atomic E-state index is 12.8. The van der Waals surface area contributed by atoms with Crippen LogP contribution in [0.15, 0.2) is 40.7 Å². The number of sulfone groups is 1. The lowest BCUT2D eigenvalue weighted by molar-refractivity contribution is -0.132. The second-order valence-electron chi connectivity index (χ2n) is 6.24. The molecule has 0 radical (unpaired) electrons. The average Bonchev–Trinajstić information content (AvgIpc) is 3.13. The van der Waals surface area contributed by atoms with Crippen LogP contribution >= 0.6 is 24.0 Å². The third-order valence-corrected chi connectivity index (χ3v) is 7.00. The van der Waals surface area contributed by atoms with Gasteiger partial charge in [-0.25, -0.2) is 8.42 Å². The Morgan fingerprint density at radius 3 is 2.79 bits per heavy atom. The van der Waals surface area contributed by atoms with Gasteiger partial charge in [0.1, 0.15) is 16.1 Å². The third kappa shape index (κ3) is 4.29. The summed E-state index contributed by atoms with van der Waals surface area (Å²) < 4.78 is 28.5. The van der Waals surface area contributed by atoms with Gasteiger partial charge in [0.2, 0.25) is 5.91 Å². The Kier molecular flexibility index (Phi) is 5.92. The maximum absolute atomic E-state index is 12.8. The smallest absolute Gasteiger partial charge is 0.266 e. The highest BCUT2D eigenvalue weighted by Crippen LogP contribution is 2.35. The number of methoxy groups -OCH3 is 1. The van der Waals surface area contributed by atoms with E-state index in [1.165, 1.54) is 11.0 Å². The highest BCUT2D eigenvalue weighted by Gasteiger charge is 2.39. The minimum atomic E-state index is -3.28. The molecule has 2 atom stereocenters. The van der Waals surface area contributed by atoms with Crippen molar-refractivity contribution in [2.75, 3.05) is 12.9 Å². The van der Waals surface area contributed by atoms with Gasteiger partial charge in [0.25, 0.3) is 5.91 Å². The first-order valence-corrected chi connectivity index (χ1v) is 11.3. The van der Waals surface area contributed by atoms with Crippen molar-refractivity contribution in [2.45, 2.75) is 19.0 Å². The largest absolute Gasteiger partial charge is 0.496 e. The summed E-state index contributed by atoms with van der Waals surface area (Å²) in [6.07, 6.45) is 3.10. The van der Waals surface area contributed by atoms with E-state index < -0.39 is 27.8 Å². The fourth-order valence-electron chi connectivity index (χ4n) is 2.83. The average molecular weight is 439 g/mol. The van der Waals surface area contributed by atoms with E-state index in [1.807, 2.05) is 18.2 Å². The van der Waals surface area contributed by atoms with Crippen LogP contribution < -0.4 is 10.1 Å². The second kappa shape index (κ2) is 8.06. The molecule has 1 saturated heterocycles. The fourth-order valence-corrected chi connectivity index (χ4v) is 5.47.